The summed E-state index contributed by atoms with van der Waals surface area (Å²) in [5.74, 6) is 0.849. The molecule has 1 aromatic carbocycles. The van der Waals surface area contributed by atoms with Crippen LogP contribution in [0.25, 0.3) is 11.0 Å². The van der Waals surface area contributed by atoms with Crippen molar-refractivity contribution < 1.29 is 4.74 Å². The first kappa shape index (κ1) is 14.2. The molecule has 0 aliphatic heterocycles. The number of aromatic amines is 1. The highest BCUT2D eigenvalue weighted by molar-refractivity contribution is 7.99. The van der Waals surface area contributed by atoms with Gasteiger partial charge in [0.25, 0.3) is 0 Å². The molecule has 0 radical (unpaired) electrons. The molecule has 2 aromatic rings. The van der Waals surface area contributed by atoms with Gasteiger partial charge in [-0.05, 0) is 25.6 Å². The van der Waals surface area contributed by atoms with Gasteiger partial charge in [-0.1, -0.05) is 25.6 Å². The van der Waals surface area contributed by atoms with Crippen LogP contribution < -0.4 is 10.1 Å². The fourth-order valence-electron chi connectivity index (χ4n) is 2.18. The van der Waals surface area contributed by atoms with Crippen molar-refractivity contribution in [1.82, 2.24) is 15.3 Å². The lowest BCUT2D eigenvalue weighted by atomic mass is 10.2. The lowest BCUT2D eigenvalue weighted by Crippen LogP contribution is -2.33. The van der Waals surface area contributed by atoms with Crippen molar-refractivity contribution in [3.63, 3.8) is 0 Å². The van der Waals surface area contributed by atoms with E-state index in [1.807, 2.05) is 25.2 Å². The number of benzene rings is 1. The second-order valence-electron chi connectivity index (χ2n) is 4.55. The number of nitrogens with zero attached hydrogens (tertiary/aromatic N) is 1. The number of H-pyrrole nitrogens is 1. The first-order valence-corrected chi connectivity index (χ1v) is 7.43. The maximum absolute atomic E-state index is 5.22. The number of rotatable bonds is 6. The van der Waals surface area contributed by atoms with Crippen molar-refractivity contribution in [2.75, 3.05) is 14.2 Å². The number of nitrogens with one attached hydrogen (secondary N) is 2. The smallest absolute Gasteiger partial charge is 0.166 e. The normalized spacial score (nSPS) is 14.5. The van der Waals surface area contributed by atoms with Gasteiger partial charge in [-0.15, -0.1) is 0 Å². The number of ether oxygens (including phenoxy) is 1. The zero-order valence-corrected chi connectivity index (χ0v) is 12.7. The molecule has 0 saturated carbocycles. The van der Waals surface area contributed by atoms with Crippen LogP contribution in [0.3, 0.4) is 0 Å². The highest BCUT2D eigenvalue weighted by Gasteiger charge is 2.16. The number of imidazole rings is 1. The SMILES string of the molecule is CCC(NC)C(C)Sc1nc2ccc(OC)cc2[nH]1. The number of fused-ring (bicyclic) bond motifs is 1. The predicted molar refractivity (Wildman–Crippen MR) is 81.1 cm³/mol. The number of thioether (sulfide) groups is 1. The average Bonchev–Trinajstić information content (AvgIpc) is 2.80. The highest BCUT2D eigenvalue weighted by Crippen LogP contribution is 2.27. The molecule has 1 heterocycles. The van der Waals surface area contributed by atoms with Gasteiger partial charge in [0.2, 0.25) is 0 Å². The summed E-state index contributed by atoms with van der Waals surface area (Å²) in [7, 11) is 3.68. The summed E-state index contributed by atoms with van der Waals surface area (Å²) >= 11 is 1.77. The van der Waals surface area contributed by atoms with Crippen molar-refractivity contribution in [1.29, 1.82) is 0 Å². The summed E-state index contributed by atoms with van der Waals surface area (Å²) in [6, 6.07) is 6.39. The Morgan fingerprint density at radius 1 is 1.47 bits per heavy atom. The van der Waals surface area contributed by atoms with Crippen LogP contribution in [0.2, 0.25) is 0 Å². The molecule has 4 nitrogen and oxygen atoms in total. The van der Waals surface area contributed by atoms with Gasteiger partial charge in [-0.3, -0.25) is 0 Å². The monoisotopic (exact) mass is 279 g/mol. The van der Waals surface area contributed by atoms with E-state index in [-0.39, 0.29) is 0 Å². The molecule has 0 aliphatic rings. The van der Waals surface area contributed by atoms with Gasteiger partial charge < -0.3 is 15.0 Å². The third-order valence-corrected chi connectivity index (χ3v) is 4.46. The van der Waals surface area contributed by atoms with Crippen molar-refractivity contribution in [2.24, 2.45) is 0 Å². The Hall–Kier alpha value is -1.20. The van der Waals surface area contributed by atoms with Gasteiger partial charge in [0.15, 0.2) is 5.16 Å². The predicted octanol–water partition coefficient (Wildman–Crippen LogP) is 3.05. The standard InChI is InChI=1S/C14H21N3OS/c1-5-11(15-3)9(2)19-14-16-12-7-6-10(18-4)8-13(12)17-14/h6-9,11,15H,5H2,1-4H3,(H,16,17). The summed E-state index contributed by atoms with van der Waals surface area (Å²) in [5, 5.41) is 4.77. The average molecular weight is 279 g/mol. The van der Waals surface area contributed by atoms with E-state index in [1.165, 1.54) is 0 Å². The van der Waals surface area contributed by atoms with Gasteiger partial charge >= 0.3 is 0 Å². The minimum atomic E-state index is 0.470. The van der Waals surface area contributed by atoms with Gasteiger partial charge in [0.05, 0.1) is 18.1 Å². The molecule has 0 saturated heterocycles. The zero-order chi connectivity index (χ0) is 13.8. The quantitative estimate of drug-likeness (QED) is 0.798. The Morgan fingerprint density at radius 3 is 2.89 bits per heavy atom. The molecule has 0 fully saturated rings. The molecule has 104 valence electrons. The Labute approximate surface area is 118 Å². The highest BCUT2D eigenvalue weighted by atomic mass is 32.2. The van der Waals surface area contributed by atoms with Crippen LogP contribution in [0.1, 0.15) is 20.3 Å². The number of aromatic nitrogens is 2. The molecule has 2 unspecified atom stereocenters. The second-order valence-corrected chi connectivity index (χ2v) is 5.92. The van der Waals surface area contributed by atoms with Crippen LogP contribution in [0.5, 0.6) is 5.75 Å². The third kappa shape index (κ3) is 3.22. The van der Waals surface area contributed by atoms with Crippen LogP contribution in [-0.4, -0.2) is 35.4 Å². The molecule has 2 rings (SSSR count). The van der Waals surface area contributed by atoms with Crippen LogP contribution in [0.15, 0.2) is 23.4 Å². The molecular formula is C14H21N3OS. The van der Waals surface area contributed by atoms with E-state index >= 15 is 0 Å². The van der Waals surface area contributed by atoms with E-state index in [9.17, 15) is 0 Å². The van der Waals surface area contributed by atoms with Gasteiger partial charge in [-0.25, -0.2) is 4.98 Å². The van der Waals surface area contributed by atoms with Crippen molar-refractivity contribution >= 4 is 22.8 Å². The molecular weight excluding hydrogens is 258 g/mol. The van der Waals surface area contributed by atoms with Crippen molar-refractivity contribution in [3.05, 3.63) is 18.2 Å². The Bertz CT molecular complexity index is 536. The van der Waals surface area contributed by atoms with Gasteiger partial charge in [0, 0.05) is 17.4 Å². The summed E-state index contributed by atoms with van der Waals surface area (Å²) < 4.78 is 5.22. The Morgan fingerprint density at radius 2 is 2.26 bits per heavy atom. The minimum absolute atomic E-state index is 0.470. The van der Waals surface area contributed by atoms with Crippen LogP contribution in [0, 0.1) is 0 Å². The fraction of sp³-hybridized carbons (Fsp3) is 0.500. The third-order valence-electron chi connectivity index (χ3n) is 3.34. The molecule has 0 aliphatic carbocycles. The summed E-state index contributed by atoms with van der Waals surface area (Å²) in [5.41, 5.74) is 2.00. The van der Waals surface area contributed by atoms with Gasteiger partial charge in [-0.2, -0.15) is 0 Å². The van der Waals surface area contributed by atoms with E-state index in [4.69, 9.17) is 4.74 Å². The topological polar surface area (TPSA) is 49.9 Å². The maximum Gasteiger partial charge on any atom is 0.166 e. The lowest BCUT2D eigenvalue weighted by Gasteiger charge is -2.20. The van der Waals surface area contributed by atoms with E-state index < -0.39 is 0 Å². The molecule has 2 N–H and O–H groups in total. The van der Waals surface area contributed by atoms with E-state index in [0.29, 0.717) is 11.3 Å². The second kappa shape index (κ2) is 6.30. The Balaban J connectivity index is 2.17. The van der Waals surface area contributed by atoms with Crippen LogP contribution in [-0.2, 0) is 0 Å². The Kier molecular flexibility index (Phi) is 4.71. The van der Waals surface area contributed by atoms with Crippen LogP contribution >= 0.6 is 11.8 Å². The van der Waals surface area contributed by atoms with E-state index in [2.05, 4.69) is 29.1 Å². The first-order chi connectivity index (χ1) is 9.17. The van der Waals surface area contributed by atoms with Crippen molar-refractivity contribution in [2.45, 2.75) is 36.7 Å². The van der Waals surface area contributed by atoms with Gasteiger partial charge in [0.1, 0.15) is 5.75 Å². The molecule has 1 aromatic heterocycles. The molecule has 2 atom stereocenters. The number of hydrogen-bond acceptors (Lipinski definition) is 4. The van der Waals surface area contributed by atoms with Crippen LogP contribution in [0.4, 0.5) is 0 Å². The molecule has 19 heavy (non-hydrogen) atoms. The maximum atomic E-state index is 5.22. The number of methoxy groups -OCH3 is 1. The summed E-state index contributed by atoms with van der Waals surface area (Å²) in [6.07, 6.45) is 1.11. The minimum Gasteiger partial charge on any atom is -0.497 e. The largest absolute Gasteiger partial charge is 0.497 e. The first-order valence-electron chi connectivity index (χ1n) is 6.55. The van der Waals surface area contributed by atoms with E-state index in [1.54, 1.807) is 18.9 Å². The summed E-state index contributed by atoms with van der Waals surface area (Å²) in [6.45, 7) is 4.42. The van der Waals surface area contributed by atoms with E-state index in [0.717, 1.165) is 28.4 Å². The van der Waals surface area contributed by atoms with Crippen molar-refractivity contribution in [3.8, 4) is 5.75 Å². The summed E-state index contributed by atoms with van der Waals surface area (Å²) in [4.78, 5) is 7.95. The molecule has 0 spiro atoms. The fourth-order valence-corrected chi connectivity index (χ4v) is 3.34. The zero-order valence-electron chi connectivity index (χ0n) is 11.9. The molecule has 0 bridgehead atoms. The lowest BCUT2D eigenvalue weighted by molar-refractivity contribution is 0.415. The molecule has 0 amide bonds. The number of hydrogen-bond donors (Lipinski definition) is 2. The molecule has 5 heteroatoms.